The fourth-order valence-electron chi connectivity index (χ4n) is 4.17. The molecule has 152 valence electrons. The number of aryl methyl sites for hydroxylation is 1. The third kappa shape index (κ3) is 3.22. The summed E-state index contributed by atoms with van der Waals surface area (Å²) in [6.07, 6.45) is 0. The first kappa shape index (κ1) is 18.7. The van der Waals surface area contributed by atoms with E-state index in [1.54, 1.807) is 0 Å². The highest BCUT2D eigenvalue weighted by Gasteiger charge is 2.11. The molecule has 3 heteroatoms. The SMILES string of the molecule is Cc1ccc(C#Cc2ccc3c(ccc4osoc5ccc6ccccc6c5c43)c2)cc1. The van der Waals surface area contributed by atoms with Gasteiger partial charge in [0.05, 0.1) is 0 Å². The van der Waals surface area contributed by atoms with Crippen molar-refractivity contribution in [1.29, 1.82) is 0 Å². The largest absolute Gasteiger partial charge is 0.372 e. The lowest BCUT2D eigenvalue weighted by Gasteiger charge is -2.06. The third-order valence-electron chi connectivity index (χ3n) is 5.77. The summed E-state index contributed by atoms with van der Waals surface area (Å²) in [4.78, 5) is 0. The fraction of sp³-hybridized carbons (Fsp3) is 0.0345. The molecule has 0 amide bonds. The van der Waals surface area contributed by atoms with Crippen LogP contribution in [-0.4, -0.2) is 0 Å². The van der Waals surface area contributed by atoms with E-state index in [9.17, 15) is 0 Å². The van der Waals surface area contributed by atoms with Gasteiger partial charge in [0.1, 0.15) is 0 Å². The molecule has 5 aromatic carbocycles. The Balaban J connectivity index is 1.63. The molecule has 0 bridgehead atoms. The van der Waals surface area contributed by atoms with Crippen LogP contribution < -0.4 is 0 Å². The van der Waals surface area contributed by atoms with Crippen LogP contribution in [0.4, 0.5) is 0 Å². The summed E-state index contributed by atoms with van der Waals surface area (Å²) in [5.74, 6) is 6.57. The quantitative estimate of drug-likeness (QED) is 0.226. The highest BCUT2D eigenvalue weighted by Crippen LogP contribution is 2.36. The van der Waals surface area contributed by atoms with Gasteiger partial charge >= 0.3 is 0 Å². The Bertz CT molecular complexity index is 1730. The molecule has 0 aliphatic heterocycles. The second-order valence-corrected chi connectivity index (χ2v) is 8.35. The van der Waals surface area contributed by atoms with Gasteiger partial charge in [-0.3, -0.25) is 0 Å². The zero-order valence-electron chi connectivity index (χ0n) is 17.4. The maximum absolute atomic E-state index is 5.90. The number of rotatable bonds is 0. The molecule has 2 nitrogen and oxygen atoms in total. The molecule has 6 rings (SSSR count). The fourth-order valence-corrected chi connectivity index (χ4v) is 4.62. The van der Waals surface area contributed by atoms with Gasteiger partial charge in [0.25, 0.3) is 0 Å². The summed E-state index contributed by atoms with van der Waals surface area (Å²) in [5, 5.41) is 6.67. The van der Waals surface area contributed by atoms with Gasteiger partial charge in [0, 0.05) is 21.9 Å². The molecule has 6 aromatic rings. The van der Waals surface area contributed by atoms with Gasteiger partial charge in [-0.25, -0.2) is 0 Å². The molecule has 1 aromatic heterocycles. The van der Waals surface area contributed by atoms with E-state index in [2.05, 4.69) is 97.6 Å². The second kappa shape index (κ2) is 7.60. The van der Waals surface area contributed by atoms with Crippen LogP contribution in [0, 0.1) is 18.8 Å². The minimum atomic E-state index is 0.802. The zero-order valence-corrected chi connectivity index (χ0v) is 18.2. The Morgan fingerprint density at radius 2 is 1.22 bits per heavy atom. The van der Waals surface area contributed by atoms with E-state index >= 15 is 0 Å². The van der Waals surface area contributed by atoms with Gasteiger partial charge in [0.15, 0.2) is 11.2 Å². The summed E-state index contributed by atoms with van der Waals surface area (Å²) in [6, 6.07) is 31.2. The highest BCUT2D eigenvalue weighted by atomic mass is 32.1. The molecule has 1 heterocycles. The molecule has 0 unspecified atom stereocenters. The Labute approximate surface area is 189 Å². The number of hydrogen-bond donors (Lipinski definition) is 0. The molecule has 0 atom stereocenters. The van der Waals surface area contributed by atoms with Gasteiger partial charge in [-0.1, -0.05) is 72.0 Å². The molecule has 0 N–H and O–H groups in total. The van der Waals surface area contributed by atoms with Crippen LogP contribution in [0.25, 0.3) is 43.5 Å². The molecule has 0 radical (unpaired) electrons. The smallest absolute Gasteiger partial charge is 0.242 e. The predicted octanol–water partition coefficient (Wildman–Crippen LogP) is 8.38. The molecule has 0 aliphatic rings. The Kier molecular flexibility index (Phi) is 4.45. The number of fused-ring (bicyclic) bond motifs is 7. The number of hydrogen-bond acceptors (Lipinski definition) is 3. The lowest BCUT2D eigenvalue weighted by atomic mass is 9.97. The van der Waals surface area contributed by atoms with Crippen LogP contribution in [0.15, 0.2) is 98.7 Å². The van der Waals surface area contributed by atoms with Crippen LogP contribution in [0.1, 0.15) is 16.7 Å². The van der Waals surface area contributed by atoms with Gasteiger partial charge in [-0.2, -0.15) is 0 Å². The van der Waals surface area contributed by atoms with E-state index in [0.717, 1.165) is 61.2 Å². The molecule has 0 saturated heterocycles. The second-order valence-electron chi connectivity index (χ2n) is 7.89. The maximum atomic E-state index is 5.90. The van der Waals surface area contributed by atoms with Crippen molar-refractivity contribution < 1.29 is 7.70 Å². The van der Waals surface area contributed by atoms with Crippen molar-refractivity contribution in [3.8, 4) is 11.8 Å². The van der Waals surface area contributed by atoms with Crippen LogP contribution in [0.3, 0.4) is 0 Å². The van der Waals surface area contributed by atoms with Gasteiger partial charge in [-0.05, 0) is 64.9 Å². The third-order valence-corrected chi connectivity index (χ3v) is 6.27. The first-order valence-electron chi connectivity index (χ1n) is 10.4. The summed E-state index contributed by atoms with van der Waals surface area (Å²) in [7, 11) is 0. The normalized spacial score (nSPS) is 11.0. The van der Waals surface area contributed by atoms with Crippen LogP contribution in [0.2, 0.25) is 0 Å². The van der Waals surface area contributed by atoms with Crippen molar-refractivity contribution in [2.75, 3.05) is 0 Å². The summed E-state index contributed by atoms with van der Waals surface area (Å²) < 4.78 is 11.8. The summed E-state index contributed by atoms with van der Waals surface area (Å²) >= 11 is 1.01. The lowest BCUT2D eigenvalue weighted by molar-refractivity contribution is 0.656. The monoisotopic (exact) mass is 430 g/mol. The maximum Gasteiger partial charge on any atom is 0.242 e. The average molecular weight is 431 g/mol. The predicted molar refractivity (Wildman–Crippen MR) is 134 cm³/mol. The van der Waals surface area contributed by atoms with E-state index in [0.29, 0.717) is 0 Å². The van der Waals surface area contributed by atoms with E-state index in [1.165, 1.54) is 10.9 Å². The van der Waals surface area contributed by atoms with E-state index < -0.39 is 0 Å². The molecular weight excluding hydrogens is 412 g/mol. The lowest BCUT2D eigenvalue weighted by Crippen LogP contribution is -1.82. The Morgan fingerprint density at radius 1 is 0.594 bits per heavy atom. The minimum absolute atomic E-state index is 0.802. The van der Waals surface area contributed by atoms with Crippen molar-refractivity contribution in [1.82, 2.24) is 0 Å². The van der Waals surface area contributed by atoms with E-state index in [-0.39, 0.29) is 0 Å². The molecule has 0 saturated carbocycles. The standard InChI is InChI=1S/C29H18O2S/c1-19-6-8-20(9-7-19)10-11-21-12-15-25-23(18-21)14-17-27-29(25)28-24-5-3-2-4-22(24)13-16-26(28)30-32-31-27/h2-9,12-18H,1H3. The van der Waals surface area contributed by atoms with Gasteiger partial charge < -0.3 is 7.70 Å². The molecule has 32 heavy (non-hydrogen) atoms. The summed E-state index contributed by atoms with van der Waals surface area (Å²) in [6.45, 7) is 2.08. The average Bonchev–Trinajstić information content (AvgIpc) is 3.03. The summed E-state index contributed by atoms with van der Waals surface area (Å²) in [5.41, 5.74) is 4.84. The van der Waals surface area contributed by atoms with E-state index in [4.69, 9.17) is 7.70 Å². The number of benzene rings is 5. The molecular formula is C29H18O2S. The van der Waals surface area contributed by atoms with Gasteiger partial charge in [-0.15, -0.1) is 0 Å². The first-order valence-corrected chi connectivity index (χ1v) is 11.1. The zero-order chi connectivity index (χ0) is 21.5. The molecule has 0 spiro atoms. The topological polar surface area (TPSA) is 26.3 Å². The van der Waals surface area contributed by atoms with Crippen LogP contribution >= 0.6 is 11.9 Å². The van der Waals surface area contributed by atoms with Crippen molar-refractivity contribution in [2.24, 2.45) is 0 Å². The van der Waals surface area contributed by atoms with Crippen molar-refractivity contribution in [3.05, 3.63) is 108 Å². The van der Waals surface area contributed by atoms with Gasteiger partial charge in [0.2, 0.25) is 11.9 Å². The van der Waals surface area contributed by atoms with Crippen LogP contribution in [-0.2, 0) is 0 Å². The Morgan fingerprint density at radius 3 is 2.00 bits per heavy atom. The highest BCUT2D eigenvalue weighted by molar-refractivity contribution is 6.93. The Hall–Kier alpha value is -4.00. The first-order chi connectivity index (χ1) is 15.8. The minimum Gasteiger partial charge on any atom is -0.372 e. The molecule has 0 fully saturated rings. The molecule has 0 aliphatic carbocycles. The van der Waals surface area contributed by atoms with E-state index in [1.807, 2.05) is 12.1 Å². The van der Waals surface area contributed by atoms with Crippen LogP contribution in [0.5, 0.6) is 0 Å². The van der Waals surface area contributed by atoms with Crippen molar-refractivity contribution in [2.45, 2.75) is 6.92 Å². The van der Waals surface area contributed by atoms with Crippen molar-refractivity contribution >= 4 is 55.4 Å². The van der Waals surface area contributed by atoms with Crippen molar-refractivity contribution in [3.63, 3.8) is 0 Å².